The number of methoxy groups -OCH3 is 1. The third kappa shape index (κ3) is 3.74. The third-order valence-corrected chi connectivity index (χ3v) is 4.32. The number of aromatic amines is 1. The second-order valence-electron chi connectivity index (χ2n) is 5.88. The van der Waals surface area contributed by atoms with Crippen LogP contribution >= 0.6 is 11.6 Å². The van der Waals surface area contributed by atoms with Crippen LogP contribution in [0.25, 0.3) is 22.2 Å². The molecule has 0 fully saturated rings. The summed E-state index contributed by atoms with van der Waals surface area (Å²) < 4.78 is 9.69. The molecule has 142 valence electrons. The van der Waals surface area contributed by atoms with Crippen LogP contribution in [0.15, 0.2) is 47.6 Å². The molecule has 0 aliphatic carbocycles. The summed E-state index contributed by atoms with van der Waals surface area (Å²) >= 11 is 6.42. The van der Waals surface area contributed by atoms with Gasteiger partial charge >= 0.3 is 6.03 Å². The number of aromatic nitrogens is 4. The highest BCUT2D eigenvalue weighted by Gasteiger charge is 2.11. The highest BCUT2D eigenvalue weighted by molar-refractivity contribution is 6.34. The van der Waals surface area contributed by atoms with E-state index in [2.05, 4.69) is 35.3 Å². The van der Waals surface area contributed by atoms with E-state index in [1.54, 1.807) is 6.20 Å². The van der Waals surface area contributed by atoms with E-state index in [9.17, 15) is 4.79 Å². The molecule has 2 amide bonds. The Morgan fingerprint density at radius 2 is 2.14 bits per heavy atom. The fraction of sp³-hybridized carbons (Fsp3) is 0.111. The van der Waals surface area contributed by atoms with Gasteiger partial charge in [-0.3, -0.25) is 0 Å². The van der Waals surface area contributed by atoms with Crippen molar-refractivity contribution in [3.8, 4) is 17.1 Å². The molecule has 3 aromatic heterocycles. The molecular weight excluding hydrogens is 384 g/mol. The van der Waals surface area contributed by atoms with E-state index in [-0.39, 0.29) is 6.03 Å². The van der Waals surface area contributed by atoms with Crippen molar-refractivity contribution < 1.29 is 14.1 Å². The molecule has 28 heavy (non-hydrogen) atoms. The van der Waals surface area contributed by atoms with Crippen molar-refractivity contribution in [3.05, 3.63) is 53.8 Å². The Balaban J connectivity index is 1.51. The summed E-state index contributed by atoms with van der Waals surface area (Å²) in [5.41, 5.74) is 3.55. The Kier molecular flexibility index (Phi) is 4.81. The van der Waals surface area contributed by atoms with Crippen LogP contribution in [0.3, 0.4) is 0 Å². The maximum atomic E-state index is 11.9. The van der Waals surface area contributed by atoms with Crippen molar-refractivity contribution in [2.75, 3.05) is 12.4 Å². The van der Waals surface area contributed by atoms with Gasteiger partial charge in [-0.05, 0) is 18.2 Å². The lowest BCUT2D eigenvalue weighted by molar-refractivity contribution is 0.251. The highest BCUT2D eigenvalue weighted by atomic mass is 35.5. The molecule has 3 N–H and O–H groups in total. The topological polar surface area (TPSA) is 118 Å². The molecule has 0 atom stereocenters. The van der Waals surface area contributed by atoms with Crippen molar-refractivity contribution in [2.45, 2.75) is 6.54 Å². The average Bonchev–Trinajstić information content (AvgIpc) is 3.35. The van der Waals surface area contributed by atoms with Gasteiger partial charge in [-0.1, -0.05) is 16.8 Å². The minimum atomic E-state index is -0.367. The summed E-state index contributed by atoms with van der Waals surface area (Å²) in [7, 11) is 1.53. The van der Waals surface area contributed by atoms with E-state index in [0.717, 1.165) is 22.2 Å². The van der Waals surface area contributed by atoms with E-state index in [4.69, 9.17) is 16.3 Å². The number of H-pyrrole nitrogens is 1. The molecular formula is C18H15ClN6O3. The fourth-order valence-electron chi connectivity index (χ4n) is 2.68. The number of carbonyl (C=O) groups excluding carboxylic acids is 1. The van der Waals surface area contributed by atoms with Crippen LogP contribution in [0.1, 0.15) is 5.69 Å². The summed E-state index contributed by atoms with van der Waals surface area (Å²) in [4.78, 5) is 23.6. The lowest BCUT2D eigenvalue weighted by Gasteiger charge is -2.05. The third-order valence-electron chi connectivity index (χ3n) is 4.01. The van der Waals surface area contributed by atoms with Crippen molar-refractivity contribution in [1.29, 1.82) is 0 Å². The maximum absolute atomic E-state index is 11.9. The van der Waals surface area contributed by atoms with E-state index in [0.29, 0.717) is 28.8 Å². The maximum Gasteiger partial charge on any atom is 0.319 e. The van der Waals surface area contributed by atoms with Gasteiger partial charge in [0.05, 0.1) is 43.0 Å². The van der Waals surface area contributed by atoms with E-state index in [1.165, 1.54) is 25.8 Å². The number of carbonyl (C=O) groups is 1. The Labute approximate surface area is 164 Å². The Morgan fingerprint density at radius 3 is 2.86 bits per heavy atom. The van der Waals surface area contributed by atoms with Crippen LogP contribution in [0, 0.1) is 0 Å². The number of fused-ring (bicyclic) bond motifs is 1. The predicted octanol–water partition coefficient (Wildman–Crippen LogP) is 3.60. The zero-order chi connectivity index (χ0) is 19.5. The average molecular weight is 399 g/mol. The number of hydrogen-bond acceptors (Lipinski definition) is 6. The summed E-state index contributed by atoms with van der Waals surface area (Å²) in [6.07, 6.45) is 5.89. The molecule has 0 saturated heterocycles. The van der Waals surface area contributed by atoms with Crippen molar-refractivity contribution in [3.63, 3.8) is 0 Å². The smallest absolute Gasteiger partial charge is 0.319 e. The molecule has 0 bridgehead atoms. The van der Waals surface area contributed by atoms with Gasteiger partial charge in [0.15, 0.2) is 0 Å². The van der Waals surface area contributed by atoms with Crippen molar-refractivity contribution in [2.24, 2.45) is 0 Å². The quantitative estimate of drug-likeness (QED) is 0.472. The number of anilines is 1. The molecule has 0 aliphatic heterocycles. The van der Waals surface area contributed by atoms with Gasteiger partial charge in [0, 0.05) is 22.2 Å². The number of halogens is 1. The predicted molar refractivity (Wildman–Crippen MR) is 103 cm³/mol. The zero-order valence-corrected chi connectivity index (χ0v) is 15.4. The fourth-order valence-corrected chi connectivity index (χ4v) is 2.95. The highest BCUT2D eigenvalue weighted by Crippen LogP contribution is 2.31. The monoisotopic (exact) mass is 398 g/mol. The molecule has 4 aromatic rings. The standard InChI is InChI=1S/C18H15ClN6O3/c1-27-17-8-20-16(7-21-17)13-4-15-10(3-14(13)19)2-11(24-15)5-22-18(26)25-12-6-23-28-9-12/h2-4,6-9,24H,5H2,1H3,(H2,22,25,26). The van der Waals surface area contributed by atoms with E-state index < -0.39 is 0 Å². The van der Waals surface area contributed by atoms with Crippen LogP contribution in [-0.4, -0.2) is 33.2 Å². The van der Waals surface area contributed by atoms with Gasteiger partial charge in [0.2, 0.25) is 5.88 Å². The number of amides is 2. The van der Waals surface area contributed by atoms with Crippen molar-refractivity contribution >= 4 is 34.2 Å². The number of nitrogens with one attached hydrogen (secondary N) is 3. The van der Waals surface area contributed by atoms with Gasteiger partial charge in [0.1, 0.15) is 12.0 Å². The minimum Gasteiger partial charge on any atom is -0.480 e. The largest absolute Gasteiger partial charge is 0.480 e. The molecule has 0 unspecified atom stereocenters. The first kappa shape index (κ1) is 17.8. The molecule has 3 heterocycles. The van der Waals surface area contributed by atoms with Gasteiger partial charge in [-0.25, -0.2) is 14.8 Å². The lowest BCUT2D eigenvalue weighted by atomic mass is 10.1. The summed E-state index contributed by atoms with van der Waals surface area (Å²) in [5.74, 6) is 0.429. The second-order valence-corrected chi connectivity index (χ2v) is 6.29. The van der Waals surface area contributed by atoms with Crippen LogP contribution in [0.2, 0.25) is 5.02 Å². The number of benzene rings is 1. The SMILES string of the molecule is COc1cnc(-c2cc3[nH]c(CNC(=O)Nc4cnoc4)cc3cc2Cl)cn1. The summed E-state index contributed by atoms with van der Waals surface area (Å²) in [6.45, 7) is 0.307. The first-order valence-corrected chi connectivity index (χ1v) is 8.62. The summed E-state index contributed by atoms with van der Waals surface area (Å²) in [6, 6.07) is 5.29. The molecule has 0 radical (unpaired) electrons. The molecule has 1 aromatic carbocycles. The van der Waals surface area contributed by atoms with Crippen LogP contribution in [-0.2, 0) is 6.54 Å². The number of urea groups is 1. The first-order chi connectivity index (χ1) is 13.6. The molecule has 0 aliphatic rings. The molecule has 10 heteroatoms. The first-order valence-electron chi connectivity index (χ1n) is 8.24. The Morgan fingerprint density at radius 1 is 1.25 bits per heavy atom. The number of hydrogen-bond donors (Lipinski definition) is 3. The molecule has 9 nitrogen and oxygen atoms in total. The molecule has 0 saturated carbocycles. The van der Waals surface area contributed by atoms with Crippen LogP contribution < -0.4 is 15.4 Å². The minimum absolute atomic E-state index is 0.307. The summed E-state index contributed by atoms with van der Waals surface area (Å²) in [5, 5.41) is 10.4. The Hall–Kier alpha value is -3.59. The van der Waals surface area contributed by atoms with Crippen LogP contribution in [0.5, 0.6) is 5.88 Å². The van der Waals surface area contributed by atoms with Gasteiger partial charge in [0.25, 0.3) is 0 Å². The van der Waals surface area contributed by atoms with Gasteiger partial charge in [-0.15, -0.1) is 0 Å². The van der Waals surface area contributed by atoms with E-state index in [1.807, 2.05) is 18.2 Å². The number of rotatable bonds is 5. The van der Waals surface area contributed by atoms with Crippen molar-refractivity contribution in [1.82, 2.24) is 25.4 Å². The molecule has 4 rings (SSSR count). The molecule has 0 spiro atoms. The number of nitrogens with zero attached hydrogens (tertiary/aromatic N) is 3. The van der Waals surface area contributed by atoms with Gasteiger partial charge in [-0.2, -0.15) is 0 Å². The zero-order valence-electron chi connectivity index (χ0n) is 14.7. The van der Waals surface area contributed by atoms with E-state index >= 15 is 0 Å². The second kappa shape index (κ2) is 7.57. The number of ether oxygens (including phenoxy) is 1. The van der Waals surface area contributed by atoms with Gasteiger partial charge < -0.3 is 24.9 Å². The lowest BCUT2D eigenvalue weighted by Crippen LogP contribution is -2.28. The normalized spacial score (nSPS) is 10.8. The van der Waals surface area contributed by atoms with Crippen LogP contribution in [0.4, 0.5) is 10.5 Å². The Bertz CT molecular complexity index is 1110.